The van der Waals surface area contributed by atoms with Crippen LogP contribution >= 0.6 is 0 Å². The molecule has 2 nitrogen and oxygen atoms in total. The fourth-order valence-corrected chi connectivity index (χ4v) is 2.35. The van der Waals surface area contributed by atoms with Gasteiger partial charge in [0.1, 0.15) is 0 Å². The minimum Gasteiger partial charge on any atom is -0.316 e. The molecule has 2 rings (SSSR count). The van der Waals surface area contributed by atoms with Crippen molar-refractivity contribution in [2.24, 2.45) is 5.92 Å². The molecule has 0 aromatic carbocycles. The Morgan fingerprint density at radius 2 is 2.15 bits per heavy atom. The molecule has 1 N–H and O–H groups in total. The molecule has 0 aromatic heterocycles. The van der Waals surface area contributed by atoms with Crippen molar-refractivity contribution in [1.82, 2.24) is 10.2 Å². The molecule has 1 unspecified atom stereocenters. The van der Waals surface area contributed by atoms with E-state index >= 15 is 0 Å². The molecule has 1 saturated heterocycles. The summed E-state index contributed by atoms with van der Waals surface area (Å²) in [5.74, 6) is 0.937. The van der Waals surface area contributed by atoms with Crippen molar-refractivity contribution in [3.63, 3.8) is 0 Å². The summed E-state index contributed by atoms with van der Waals surface area (Å²) in [7, 11) is 0. The quantitative estimate of drug-likeness (QED) is 0.692. The van der Waals surface area contributed by atoms with E-state index in [1.165, 1.54) is 51.9 Å². The third kappa shape index (κ3) is 2.68. The summed E-state index contributed by atoms with van der Waals surface area (Å²) in [6.45, 7) is 7.47. The van der Waals surface area contributed by atoms with E-state index in [0.717, 1.165) is 12.0 Å². The van der Waals surface area contributed by atoms with Gasteiger partial charge in [-0.15, -0.1) is 0 Å². The molecule has 13 heavy (non-hydrogen) atoms. The summed E-state index contributed by atoms with van der Waals surface area (Å²) >= 11 is 0. The zero-order chi connectivity index (χ0) is 9.10. The molecule has 76 valence electrons. The van der Waals surface area contributed by atoms with Gasteiger partial charge in [0.25, 0.3) is 0 Å². The fraction of sp³-hybridized carbons (Fsp3) is 1.00. The summed E-state index contributed by atoms with van der Waals surface area (Å²) in [6.07, 6.45) is 5.63. The van der Waals surface area contributed by atoms with E-state index in [2.05, 4.69) is 17.1 Å². The Bertz CT molecular complexity index is 148. The summed E-state index contributed by atoms with van der Waals surface area (Å²) < 4.78 is 0. The van der Waals surface area contributed by atoms with Crippen LogP contribution in [0.3, 0.4) is 0 Å². The maximum absolute atomic E-state index is 3.45. The van der Waals surface area contributed by atoms with Crippen molar-refractivity contribution in [1.29, 1.82) is 0 Å². The highest BCUT2D eigenvalue weighted by Crippen LogP contribution is 2.28. The molecule has 0 bridgehead atoms. The number of rotatable bonds is 5. The van der Waals surface area contributed by atoms with Gasteiger partial charge in [0.05, 0.1) is 0 Å². The molecule has 0 spiro atoms. The van der Waals surface area contributed by atoms with Crippen LogP contribution in [0.15, 0.2) is 0 Å². The van der Waals surface area contributed by atoms with E-state index in [9.17, 15) is 0 Å². The SMILES string of the molecule is CCCN(CC1CCNC1)C1CC1. The molecular weight excluding hydrogens is 160 g/mol. The third-order valence-electron chi connectivity index (χ3n) is 3.23. The fourth-order valence-electron chi connectivity index (χ4n) is 2.35. The molecular formula is C11H22N2. The lowest BCUT2D eigenvalue weighted by Gasteiger charge is -2.24. The van der Waals surface area contributed by atoms with Gasteiger partial charge in [-0.05, 0) is 51.2 Å². The van der Waals surface area contributed by atoms with E-state index in [0.29, 0.717) is 0 Å². The van der Waals surface area contributed by atoms with Gasteiger partial charge in [-0.3, -0.25) is 0 Å². The number of nitrogens with zero attached hydrogens (tertiary/aromatic N) is 1. The van der Waals surface area contributed by atoms with E-state index in [-0.39, 0.29) is 0 Å². The monoisotopic (exact) mass is 182 g/mol. The van der Waals surface area contributed by atoms with Crippen LogP contribution < -0.4 is 5.32 Å². The molecule has 2 aliphatic rings. The first-order chi connectivity index (χ1) is 6.40. The van der Waals surface area contributed by atoms with Crippen molar-refractivity contribution in [2.75, 3.05) is 26.2 Å². The van der Waals surface area contributed by atoms with Crippen LogP contribution in [0, 0.1) is 5.92 Å². The number of hydrogen-bond donors (Lipinski definition) is 1. The largest absolute Gasteiger partial charge is 0.316 e. The summed E-state index contributed by atoms with van der Waals surface area (Å²) in [5.41, 5.74) is 0. The topological polar surface area (TPSA) is 15.3 Å². The van der Waals surface area contributed by atoms with Crippen LogP contribution in [-0.2, 0) is 0 Å². The number of hydrogen-bond acceptors (Lipinski definition) is 2. The Balaban J connectivity index is 1.74. The number of nitrogens with one attached hydrogen (secondary N) is 1. The van der Waals surface area contributed by atoms with Crippen LogP contribution in [0.2, 0.25) is 0 Å². The summed E-state index contributed by atoms with van der Waals surface area (Å²) in [5, 5.41) is 3.45. The molecule has 2 fully saturated rings. The summed E-state index contributed by atoms with van der Waals surface area (Å²) in [6, 6.07) is 0.959. The molecule has 1 heterocycles. The first-order valence-electron chi connectivity index (χ1n) is 5.85. The van der Waals surface area contributed by atoms with Crippen molar-refractivity contribution in [3.8, 4) is 0 Å². The second-order valence-corrected chi connectivity index (χ2v) is 4.58. The Hall–Kier alpha value is -0.0800. The lowest BCUT2D eigenvalue weighted by atomic mass is 10.1. The Kier molecular flexibility index (Phi) is 3.23. The first kappa shape index (κ1) is 9.47. The van der Waals surface area contributed by atoms with Gasteiger partial charge in [-0.2, -0.15) is 0 Å². The van der Waals surface area contributed by atoms with Crippen LogP contribution in [0.4, 0.5) is 0 Å². The smallest absolute Gasteiger partial charge is 0.00965 e. The molecule has 0 aromatic rings. The molecule has 2 heteroatoms. The predicted molar refractivity (Wildman–Crippen MR) is 55.9 cm³/mol. The third-order valence-corrected chi connectivity index (χ3v) is 3.23. The molecule has 0 radical (unpaired) electrons. The highest BCUT2D eigenvalue weighted by Gasteiger charge is 2.30. The Labute approximate surface area is 81.7 Å². The van der Waals surface area contributed by atoms with E-state index < -0.39 is 0 Å². The second-order valence-electron chi connectivity index (χ2n) is 4.58. The minimum absolute atomic E-state index is 0.937. The van der Waals surface area contributed by atoms with Crippen molar-refractivity contribution in [2.45, 2.75) is 38.6 Å². The van der Waals surface area contributed by atoms with Crippen LogP contribution in [-0.4, -0.2) is 37.1 Å². The lowest BCUT2D eigenvalue weighted by molar-refractivity contribution is 0.228. The van der Waals surface area contributed by atoms with Gasteiger partial charge < -0.3 is 10.2 Å². The molecule has 1 aliphatic heterocycles. The average Bonchev–Trinajstić information content (AvgIpc) is 2.85. The van der Waals surface area contributed by atoms with Crippen LogP contribution in [0.5, 0.6) is 0 Å². The Morgan fingerprint density at radius 1 is 1.31 bits per heavy atom. The first-order valence-corrected chi connectivity index (χ1v) is 5.85. The van der Waals surface area contributed by atoms with Gasteiger partial charge in [-0.25, -0.2) is 0 Å². The van der Waals surface area contributed by atoms with Gasteiger partial charge >= 0.3 is 0 Å². The van der Waals surface area contributed by atoms with Gasteiger partial charge in [0, 0.05) is 12.6 Å². The van der Waals surface area contributed by atoms with Crippen LogP contribution in [0.25, 0.3) is 0 Å². The standard InChI is InChI=1S/C11H22N2/c1-2-7-13(11-3-4-11)9-10-5-6-12-8-10/h10-12H,2-9H2,1H3. The maximum Gasteiger partial charge on any atom is 0.00965 e. The van der Waals surface area contributed by atoms with Crippen molar-refractivity contribution < 1.29 is 0 Å². The maximum atomic E-state index is 3.45. The van der Waals surface area contributed by atoms with Gasteiger partial charge in [-0.1, -0.05) is 6.92 Å². The molecule has 1 atom stereocenters. The second kappa shape index (κ2) is 4.43. The molecule has 1 aliphatic carbocycles. The minimum atomic E-state index is 0.937. The van der Waals surface area contributed by atoms with Crippen molar-refractivity contribution >= 4 is 0 Å². The van der Waals surface area contributed by atoms with Crippen molar-refractivity contribution in [3.05, 3.63) is 0 Å². The van der Waals surface area contributed by atoms with Crippen LogP contribution in [0.1, 0.15) is 32.6 Å². The van der Waals surface area contributed by atoms with E-state index in [1.54, 1.807) is 0 Å². The van der Waals surface area contributed by atoms with Gasteiger partial charge in [0.2, 0.25) is 0 Å². The summed E-state index contributed by atoms with van der Waals surface area (Å²) in [4.78, 5) is 2.72. The van der Waals surface area contributed by atoms with Gasteiger partial charge in [0.15, 0.2) is 0 Å². The average molecular weight is 182 g/mol. The highest BCUT2D eigenvalue weighted by molar-refractivity contribution is 4.86. The Morgan fingerprint density at radius 3 is 2.69 bits per heavy atom. The molecule has 1 saturated carbocycles. The lowest BCUT2D eigenvalue weighted by Crippen LogP contribution is -2.33. The van der Waals surface area contributed by atoms with E-state index in [4.69, 9.17) is 0 Å². The van der Waals surface area contributed by atoms with E-state index in [1.807, 2.05) is 0 Å². The highest BCUT2D eigenvalue weighted by atomic mass is 15.2. The predicted octanol–water partition coefficient (Wildman–Crippen LogP) is 1.47. The normalized spacial score (nSPS) is 28.6. The molecule has 0 amide bonds. The zero-order valence-corrected chi connectivity index (χ0v) is 8.76. The zero-order valence-electron chi connectivity index (χ0n) is 8.76.